The normalized spacial score (nSPS) is 22.1. The Kier molecular flexibility index (Phi) is 4.33. The molecule has 3 aromatic heterocycles. The first-order valence-electron chi connectivity index (χ1n) is 11.2. The van der Waals surface area contributed by atoms with E-state index in [9.17, 15) is 4.79 Å². The quantitative estimate of drug-likeness (QED) is 0.615. The zero-order valence-electron chi connectivity index (χ0n) is 18.2. The second kappa shape index (κ2) is 7.13. The molecule has 8 heteroatoms. The lowest BCUT2D eigenvalue weighted by Gasteiger charge is -2.32. The monoisotopic (exact) mass is 431 g/mol. The van der Waals surface area contributed by atoms with Gasteiger partial charge >= 0.3 is 0 Å². The number of aromatic nitrogens is 4. The Labute approximate surface area is 186 Å². The van der Waals surface area contributed by atoms with Crippen molar-refractivity contribution in [1.29, 1.82) is 0 Å². The minimum atomic E-state index is -0.621. The summed E-state index contributed by atoms with van der Waals surface area (Å²) in [6.07, 6.45) is 10.4. The van der Waals surface area contributed by atoms with Gasteiger partial charge in [0.25, 0.3) is 5.91 Å². The van der Waals surface area contributed by atoms with Crippen LogP contribution in [0.3, 0.4) is 0 Å². The van der Waals surface area contributed by atoms with Crippen molar-refractivity contribution in [1.82, 2.24) is 19.7 Å². The lowest BCUT2D eigenvalue weighted by molar-refractivity contribution is 0.0967. The van der Waals surface area contributed by atoms with E-state index < -0.39 is 5.54 Å². The molecule has 3 aliphatic rings. The van der Waals surface area contributed by atoms with Crippen molar-refractivity contribution in [2.24, 2.45) is 0 Å². The summed E-state index contributed by atoms with van der Waals surface area (Å²) in [6.45, 7) is 5.75. The topological polar surface area (TPSA) is 82.4 Å². The van der Waals surface area contributed by atoms with Crippen LogP contribution in [0.15, 0.2) is 36.9 Å². The number of hydrogen-bond acceptors (Lipinski definition) is 6. The maximum Gasteiger partial charge on any atom is 0.261 e. The minimum absolute atomic E-state index is 0.0401. The molecule has 32 heavy (non-hydrogen) atoms. The van der Waals surface area contributed by atoms with Crippen molar-refractivity contribution in [3.63, 3.8) is 0 Å². The Bertz CT molecular complexity index is 1210. The third-order valence-electron chi connectivity index (χ3n) is 6.54. The number of hydrogen-bond donors (Lipinski definition) is 0. The predicted molar refractivity (Wildman–Crippen MR) is 118 cm³/mol. The zero-order chi connectivity index (χ0) is 21.9. The molecule has 1 saturated heterocycles. The molecule has 6 rings (SSSR count). The first kappa shape index (κ1) is 19.4. The van der Waals surface area contributed by atoms with Crippen LogP contribution in [-0.4, -0.2) is 45.0 Å². The first-order valence-corrected chi connectivity index (χ1v) is 11.2. The van der Waals surface area contributed by atoms with Gasteiger partial charge in [-0.1, -0.05) is 0 Å². The van der Waals surface area contributed by atoms with Crippen molar-refractivity contribution >= 4 is 11.6 Å². The van der Waals surface area contributed by atoms with Gasteiger partial charge in [0.05, 0.1) is 47.7 Å². The third-order valence-corrected chi connectivity index (χ3v) is 6.54. The van der Waals surface area contributed by atoms with Gasteiger partial charge in [-0.05, 0) is 44.4 Å². The average Bonchev–Trinajstić information content (AvgIpc) is 3.21. The van der Waals surface area contributed by atoms with Gasteiger partial charge in [-0.2, -0.15) is 5.10 Å². The highest BCUT2D eigenvalue weighted by atomic mass is 16.5. The highest BCUT2D eigenvalue weighted by molar-refractivity contribution is 6.12. The summed E-state index contributed by atoms with van der Waals surface area (Å²) >= 11 is 0. The molecule has 164 valence electrons. The van der Waals surface area contributed by atoms with Gasteiger partial charge in [0, 0.05) is 37.5 Å². The number of ether oxygens (including phenoxy) is 2. The fourth-order valence-electron chi connectivity index (χ4n) is 4.76. The van der Waals surface area contributed by atoms with E-state index in [1.54, 1.807) is 18.6 Å². The first-order chi connectivity index (χ1) is 15.6. The van der Waals surface area contributed by atoms with E-state index in [4.69, 9.17) is 14.5 Å². The Hall–Kier alpha value is -3.26. The molecular formula is C24H25N5O3. The Balaban J connectivity index is 1.47. The van der Waals surface area contributed by atoms with E-state index in [2.05, 4.69) is 10.1 Å². The summed E-state index contributed by atoms with van der Waals surface area (Å²) in [5.41, 5.74) is 4.19. The summed E-state index contributed by atoms with van der Waals surface area (Å²) in [7, 11) is 0. The van der Waals surface area contributed by atoms with Crippen molar-refractivity contribution in [3.8, 4) is 17.0 Å². The molecule has 8 nitrogen and oxygen atoms in total. The highest BCUT2D eigenvalue weighted by Crippen LogP contribution is 2.47. The number of nitrogens with zero attached hydrogens (tertiary/aromatic N) is 5. The second-order valence-electron chi connectivity index (χ2n) is 8.80. The van der Waals surface area contributed by atoms with Crippen LogP contribution in [0.2, 0.25) is 0 Å². The summed E-state index contributed by atoms with van der Waals surface area (Å²) < 4.78 is 13.6. The molecule has 1 atom stereocenters. The van der Waals surface area contributed by atoms with Crippen LogP contribution in [0.4, 0.5) is 5.69 Å². The van der Waals surface area contributed by atoms with Crippen LogP contribution in [0.25, 0.3) is 11.3 Å². The van der Waals surface area contributed by atoms with Crippen molar-refractivity contribution in [2.45, 2.75) is 51.3 Å². The number of amides is 1. The standard InChI is InChI=1S/C24H25N5O3/c1-3-28-13-17(11-26-28)29-23(30)21-15(2)8-20(27-22(21)24(29)6-7-31-14-24)16-9-19(12-25-10-16)32-18-4-5-18/h8-13,18H,3-7,14H2,1-2H3. The molecule has 1 unspecified atom stereocenters. The van der Waals surface area contributed by atoms with Gasteiger partial charge in [-0.15, -0.1) is 0 Å². The maximum absolute atomic E-state index is 13.7. The largest absolute Gasteiger partial charge is 0.489 e. The molecule has 1 spiro atoms. The van der Waals surface area contributed by atoms with Gasteiger partial charge in [0.2, 0.25) is 0 Å². The molecular weight excluding hydrogens is 406 g/mol. The SMILES string of the molecule is CCn1cc(N2C(=O)c3c(C)cc(-c4cncc(OC5CC5)c4)nc3C23CCOC3)cn1. The minimum Gasteiger partial charge on any atom is -0.489 e. The second-order valence-corrected chi connectivity index (χ2v) is 8.80. The van der Waals surface area contributed by atoms with E-state index in [1.807, 2.05) is 41.8 Å². The van der Waals surface area contributed by atoms with Gasteiger partial charge in [0.15, 0.2) is 0 Å². The average molecular weight is 431 g/mol. The van der Waals surface area contributed by atoms with E-state index in [0.29, 0.717) is 31.3 Å². The number of carbonyl (C=O) groups excluding carboxylic acids is 1. The Morgan fingerprint density at radius 3 is 2.84 bits per heavy atom. The lowest BCUT2D eigenvalue weighted by atomic mass is 9.91. The molecule has 3 aromatic rings. The van der Waals surface area contributed by atoms with Gasteiger partial charge in [-0.3, -0.25) is 19.4 Å². The zero-order valence-corrected chi connectivity index (χ0v) is 18.2. The number of rotatable bonds is 5. The number of aryl methyl sites for hydroxylation is 2. The number of pyridine rings is 2. The third kappa shape index (κ3) is 2.93. The van der Waals surface area contributed by atoms with Crippen LogP contribution in [0, 0.1) is 6.92 Å². The molecule has 0 N–H and O–H groups in total. The van der Waals surface area contributed by atoms with Gasteiger partial charge in [-0.25, -0.2) is 4.98 Å². The van der Waals surface area contributed by atoms with Crippen LogP contribution < -0.4 is 9.64 Å². The molecule has 1 saturated carbocycles. The summed E-state index contributed by atoms with van der Waals surface area (Å²) in [6, 6.07) is 3.95. The molecule has 0 bridgehead atoms. The van der Waals surface area contributed by atoms with Gasteiger partial charge < -0.3 is 9.47 Å². The van der Waals surface area contributed by atoms with Crippen LogP contribution >= 0.6 is 0 Å². The van der Waals surface area contributed by atoms with Crippen LogP contribution in [-0.2, 0) is 16.8 Å². The van der Waals surface area contributed by atoms with Crippen molar-refractivity contribution < 1.29 is 14.3 Å². The van der Waals surface area contributed by atoms with E-state index in [-0.39, 0.29) is 5.91 Å². The maximum atomic E-state index is 13.7. The summed E-state index contributed by atoms with van der Waals surface area (Å²) in [4.78, 5) is 24.9. The van der Waals surface area contributed by atoms with E-state index >= 15 is 0 Å². The smallest absolute Gasteiger partial charge is 0.261 e. The number of anilines is 1. The molecule has 1 amide bonds. The summed E-state index contributed by atoms with van der Waals surface area (Å²) in [5.74, 6) is 0.718. The van der Waals surface area contributed by atoms with E-state index in [0.717, 1.165) is 53.3 Å². The van der Waals surface area contributed by atoms with E-state index in [1.165, 1.54) is 0 Å². The highest BCUT2D eigenvalue weighted by Gasteiger charge is 2.55. The fraction of sp³-hybridized carbons (Fsp3) is 0.417. The molecule has 0 radical (unpaired) electrons. The van der Waals surface area contributed by atoms with Crippen LogP contribution in [0.1, 0.15) is 47.8 Å². The number of carbonyl (C=O) groups is 1. The Morgan fingerprint density at radius 2 is 2.12 bits per heavy atom. The number of fused-ring (bicyclic) bond motifs is 2. The van der Waals surface area contributed by atoms with Crippen molar-refractivity contribution in [3.05, 3.63) is 53.7 Å². The lowest BCUT2D eigenvalue weighted by Crippen LogP contribution is -2.45. The molecule has 0 aromatic carbocycles. The Morgan fingerprint density at radius 1 is 1.25 bits per heavy atom. The van der Waals surface area contributed by atoms with Crippen molar-refractivity contribution in [2.75, 3.05) is 18.1 Å². The van der Waals surface area contributed by atoms with Crippen LogP contribution in [0.5, 0.6) is 5.75 Å². The fourth-order valence-corrected chi connectivity index (χ4v) is 4.76. The predicted octanol–water partition coefficient (Wildman–Crippen LogP) is 3.49. The molecule has 2 aliphatic heterocycles. The summed E-state index contributed by atoms with van der Waals surface area (Å²) in [5, 5.41) is 4.40. The molecule has 2 fully saturated rings. The van der Waals surface area contributed by atoms with Gasteiger partial charge in [0.1, 0.15) is 11.3 Å². The molecule has 5 heterocycles. The molecule has 1 aliphatic carbocycles.